The lowest BCUT2D eigenvalue weighted by molar-refractivity contribution is 0.0600. The van der Waals surface area contributed by atoms with E-state index in [0.717, 1.165) is 33.4 Å². The van der Waals surface area contributed by atoms with E-state index in [9.17, 15) is 19.2 Å². The number of carbonyl (C=O) groups excluding carboxylic acids is 1. The van der Waals surface area contributed by atoms with E-state index in [-0.39, 0.29) is 16.5 Å². The first-order chi connectivity index (χ1) is 18.4. The van der Waals surface area contributed by atoms with Gasteiger partial charge in [0.1, 0.15) is 23.7 Å². The Balaban J connectivity index is 1.56. The topological polar surface area (TPSA) is 97.9 Å². The molecule has 0 amide bonds. The summed E-state index contributed by atoms with van der Waals surface area (Å²) in [6.45, 7) is 1.88. The van der Waals surface area contributed by atoms with Crippen LogP contribution in [-0.4, -0.2) is 27.6 Å². The van der Waals surface area contributed by atoms with Gasteiger partial charge in [0.25, 0.3) is 5.56 Å². The molecule has 0 spiro atoms. The molecule has 2 aromatic heterocycles. The lowest BCUT2D eigenvalue weighted by Crippen LogP contribution is -2.20. The van der Waals surface area contributed by atoms with Crippen LogP contribution in [-0.2, 0) is 11.2 Å². The monoisotopic (exact) mass is 502 g/mol. The van der Waals surface area contributed by atoms with Crippen molar-refractivity contribution in [1.82, 2.24) is 14.5 Å². The summed E-state index contributed by atoms with van der Waals surface area (Å²) in [5.41, 5.74) is 6.78. The van der Waals surface area contributed by atoms with E-state index in [2.05, 4.69) is 16.0 Å². The largest absolute Gasteiger partial charge is 0.465 e. The summed E-state index contributed by atoms with van der Waals surface area (Å²) in [7, 11) is 1.34. The Kier molecular flexibility index (Phi) is 5.35. The molecule has 0 bridgehead atoms. The molecular formula is C30H19FN4O3. The Labute approximate surface area is 216 Å². The minimum Gasteiger partial charge on any atom is -0.465 e. The summed E-state index contributed by atoms with van der Waals surface area (Å²) in [5, 5.41) is 9.96. The van der Waals surface area contributed by atoms with E-state index >= 15 is 0 Å². The molecule has 7 nitrogen and oxygen atoms in total. The van der Waals surface area contributed by atoms with Gasteiger partial charge in [-0.05, 0) is 59.5 Å². The summed E-state index contributed by atoms with van der Waals surface area (Å²) in [5.74, 6) is -0.982. The molecule has 0 atom stereocenters. The van der Waals surface area contributed by atoms with Crippen LogP contribution in [0.5, 0.6) is 0 Å². The van der Waals surface area contributed by atoms with Gasteiger partial charge in [0.15, 0.2) is 0 Å². The number of pyridine rings is 1. The van der Waals surface area contributed by atoms with Crippen LogP contribution < -0.4 is 5.56 Å². The lowest BCUT2D eigenvalue weighted by Gasteiger charge is -2.16. The number of rotatable bonds is 3. The molecule has 0 N–H and O–H groups in total. The van der Waals surface area contributed by atoms with Crippen LogP contribution in [0.3, 0.4) is 0 Å². The van der Waals surface area contributed by atoms with E-state index in [1.807, 2.05) is 25.1 Å². The average Bonchev–Trinajstić information content (AvgIpc) is 3.32. The highest BCUT2D eigenvalue weighted by Crippen LogP contribution is 2.44. The number of ether oxygens (including phenoxy) is 1. The SMILES string of the molecule is COC(=O)c1ccc2c(c1)Cc1c(C#N)cnc(-c3cccc(-n4cnc5c(F)cccc5c4=O)c3C)c1-2. The molecule has 0 radical (unpaired) electrons. The molecule has 5 aromatic rings. The number of benzene rings is 3. The van der Waals surface area contributed by atoms with Crippen LogP contribution in [0.25, 0.3) is 39.0 Å². The van der Waals surface area contributed by atoms with Crippen molar-refractivity contribution in [1.29, 1.82) is 5.26 Å². The molecule has 1 aliphatic carbocycles. The Morgan fingerprint density at radius 3 is 2.71 bits per heavy atom. The number of carbonyl (C=O) groups is 1. The van der Waals surface area contributed by atoms with Gasteiger partial charge in [-0.1, -0.05) is 24.3 Å². The number of aromatic nitrogens is 3. The molecule has 38 heavy (non-hydrogen) atoms. The summed E-state index contributed by atoms with van der Waals surface area (Å²) in [6, 6.07) is 17.4. The number of esters is 1. The number of fused-ring (bicyclic) bond motifs is 4. The van der Waals surface area contributed by atoms with Gasteiger partial charge in [-0.3, -0.25) is 14.3 Å². The van der Waals surface area contributed by atoms with Gasteiger partial charge in [-0.2, -0.15) is 5.26 Å². The van der Waals surface area contributed by atoms with Crippen LogP contribution in [0.1, 0.15) is 32.6 Å². The van der Waals surface area contributed by atoms with Gasteiger partial charge >= 0.3 is 5.97 Å². The quantitative estimate of drug-likeness (QED) is 0.312. The zero-order chi connectivity index (χ0) is 26.6. The zero-order valence-corrected chi connectivity index (χ0v) is 20.4. The van der Waals surface area contributed by atoms with Crippen LogP contribution in [0.15, 0.2) is 71.9 Å². The van der Waals surface area contributed by atoms with E-state index in [4.69, 9.17) is 4.74 Å². The van der Waals surface area contributed by atoms with Gasteiger partial charge < -0.3 is 4.74 Å². The summed E-state index contributed by atoms with van der Waals surface area (Å²) in [4.78, 5) is 34.3. The average molecular weight is 503 g/mol. The fraction of sp³-hybridized carbons (Fsp3) is 0.100. The van der Waals surface area contributed by atoms with Crippen molar-refractivity contribution in [3.05, 3.63) is 111 Å². The van der Waals surface area contributed by atoms with E-state index in [1.165, 1.54) is 30.1 Å². The van der Waals surface area contributed by atoms with Crippen LogP contribution in [0, 0.1) is 24.1 Å². The first-order valence-corrected chi connectivity index (χ1v) is 11.8. The summed E-state index contributed by atoms with van der Waals surface area (Å²) >= 11 is 0. The number of para-hydroxylation sites is 1. The highest BCUT2D eigenvalue weighted by atomic mass is 19.1. The van der Waals surface area contributed by atoms with Crippen molar-refractivity contribution < 1.29 is 13.9 Å². The Morgan fingerprint density at radius 2 is 1.92 bits per heavy atom. The Hall–Kier alpha value is -5.16. The molecule has 1 aliphatic rings. The first kappa shape index (κ1) is 23.3. The highest BCUT2D eigenvalue weighted by molar-refractivity contribution is 5.95. The van der Waals surface area contributed by atoms with Crippen molar-refractivity contribution in [2.24, 2.45) is 0 Å². The molecule has 184 valence electrons. The van der Waals surface area contributed by atoms with E-state index < -0.39 is 11.8 Å². The minimum absolute atomic E-state index is 0.0251. The molecule has 0 aliphatic heterocycles. The summed E-state index contributed by atoms with van der Waals surface area (Å²) < 4.78 is 20.5. The number of nitrogens with zero attached hydrogens (tertiary/aromatic N) is 4. The number of halogens is 1. The standard InChI is InChI=1S/C30H19FN4O3/c1-16-20(5-4-8-25(16)35-15-34-27-22(29(35)36)6-3-7-24(27)31)28-26-21-10-9-17(30(37)38-2)11-18(21)12-23(26)19(13-32)14-33-28/h3-11,14-15H,12H2,1-2H3. The van der Waals surface area contributed by atoms with E-state index in [1.54, 1.807) is 30.5 Å². The summed E-state index contributed by atoms with van der Waals surface area (Å²) in [6.07, 6.45) is 3.37. The maximum atomic E-state index is 14.2. The third-order valence-electron chi connectivity index (χ3n) is 7.03. The molecule has 8 heteroatoms. The van der Waals surface area contributed by atoms with Crippen molar-refractivity contribution in [3.8, 4) is 34.1 Å². The minimum atomic E-state index is -0.552. The van der Waals surface area contributed by atoms with Gasteiger partial charge in [0.05, 0.1) is 35.0 Å². The maximum Gasteiger partial charge on any atom is 0.337 e. The first-order valence-electron chi connectivity index (χ1n) is 11.8. The third-order valence-corrected chi connectivity index (χ3v) is 7.03. The van der Waals surface area contributed by atoms with Gasteiger partial charge in [0.2, 0.25) is 0 Å². The Bertz CT molecular complexity index is 1920. The second kappa shape index (κ2) is 8.75. The molecule has 2 heterocycles. The molecule has 0 fully saturated rings. The Morgan fingerprint density at radius 1 is 1.11 bits per heavy atom. The van der Waals surface area contributed by atoms with Gasteiger partial charge in [-0.15, -0.1) is 0 Å². The number of hydrogen-bond acceptors (Lipinski definition) is 6. The predicted molar refractivity (Wildman–Crippen MR) is 140 cm³/mol. The zero-order valence-electron chi connectivity index (χ0n) is 20.4. The molecule has 6 rings (SSSR count). The number of nitriles is 1. The maximum absolute atomic E-state index is 14.2. The predicted octanol–water partition coefficient (Wildman–Crippen LogP) is 5.12. The van der Waals surface area contributed by atoms with Gasteiger partial charge in [-0.25, -0.2) is 14.2 Å². The third kappa shape index (κ3) is 3.40. The molecule has 0 saturated heterocycles. The normalized spacial score (nSPS) is 11.6. The highest BCUT2D eigenvalue weighted by Gasteiger charge is 2.28. The number of methoxy groups -OCH3 is 1. The van der Waals surface area contributed by atoms with Gasteiger partial charge in [0, 0.05) is 23.7 Å². The fourth-order valence-corrected chi connectivity index (χ4v) is 5.17. The number of hydrogen-bond donors (Lipinski definition) is 0. The van der Waals surface area contributed by atoms with Crippen molar-refractivity contribution in [2.45, 2.75) is 13.3 Å². The molecule has 3 aromatic carbocycles. The molecule has 0 unspecified atom stereocenters. The second-order valence-electron chi connectivity index (χ2n) is 9.03. The fourth-order valence-electron chi connectivity index (χ4n) is 5.17. The van der Waals surface area contributed by atoms with Crippen molar-refractivity contribution in [2.75, 3.05) is 7.11 Å². The van der Waals surface area contributed by atoms with Crippen LogP contribution >= 0.6 is 0 Å². The lowest BCUT2D eigenvalue weighted by atomic mass is 9.94. The smallest absolute Gasteiger partial charge is 0.337 e. The van der Waals surface area contributed by atoms with E-state index in [0.29, 0.717) is 28.9 Å². The molecule has 0 saturated carbocycles. The van der Waals surface area contributed by atoms with Crippen molar-refractivity contribution >= 4 is 16.9 Å². The van der Waals surface area contributed by atoms with Crippen LogP contribution in [0.2, 0.25) is 0 Å². The van der Waals surface area contributed by atoms with Crippen LogP contribution in [0.4, 0.5) is 4.39 Å². The second-order valence-corrected chi connectivity index (χ2v) is 9.03. The van der Waals surface area contributed by atoms with Crippen molar-refractivity contribution in [3.63, 3.8) is 0 Å². The molecular weight excluding hydrogens is 483 g/mol.